The number of aromatic amines is 1. The van der Waals surface area contributed by atoms with Gasteiger partial charge in [-0.3, -0.25) is 0 Å². The first-order chi connectivity index (χ1) is 7.72. The lowest BCUT2D eigenvalue weighted by atomic mass is 10.1. The molecule has 86 valence electrons. The summed E-state index contributed by atoms with van der Waals surface area (Å²) in [5.41, 5.74) is 9.15. The lowest BCUT2D eigenvalue weighted by molar-refractivity contribution is 0.358. The van der Waals surface area contributed by atoms with Gasteiger partial charge in [-0.2, -0.15) is 0 Å². The van der Waals surface area contributed by atoms with Gasteiger partial charge in [0.25, 0.3) is 0 Å². The zero-order chi connectivity index (χ0) is 11.5. The fourth-order valence-corrected chi connectivity index (χ4v) is 1.91. The van der Waals surface area contributed by atoms with Crippen LogP contribution in [0.1, 0.15) is 12.5 Å². The van der Waals surface area contributed by atoms with E-state index in [1.165, 1.54) is 10.9 Å². The van der Waals surface area contributed by atoms with Crippen molar-refractivity contribution in [1.29, 1.82) is 0 Å². The molecule has 2 aromatic rings. The Morgan fingerprint density at radius 1 is 1.38 bits per heavy atom. The summed E-state index contributed by atoms with van der Waals surface area (Å²) in [7, 11) is 2.14. The molecule has 3 N–H and O–H groups in total. The van der Waals surface area contributed by atoms with Crippen LogP contribution < -0.4 is 5.73 Å². The third-order valence-corrected chi connectivity index (χ3v) is 3.14. The number of nitrogens with zero attached hydrogens (tertiary/aromatic N) is 1. The molecule has 0 aliphatic carbocycles. The maximum absolute atomic E-state index is 5.91. The molecule has 0 bridgehead atoms. The molecule has 0 amide bonds. The van der Waals surface area contributed by atoms with E-state index in [1.54, 1.807) is 0 Å². The summed E-state index contributed by atoms with van der Waals surface area (Å²) in [4.78, 5) is 5.57. The first kappa shape index (κ1) is 11.0. The van der Waals surface area contributed by atoms with Gasteiger partial charge >= 0.3 is 0 Å². The predicted molar refractivity (Wildman–Crippen MR) is 69.6 cm³/mol. The highest BCUT2D eigenvalue weighted by Crippen LogP contribution is 2.23. The van der Waals surface area contributed by atoms with Gasteiger partial charge in [0.05, 0.1) is 11.2 Å². The van der Waals surface area contributed by atoms with Crippen LogP contribution in [0.25, 0.3) is 10.9 Å². The van der Waals surface area contributed by atoms with Gasteiger partial charge < -0.3 is 15.6 Å². The Bertz CT molecular complexity index is 473. The van der Waals surface area contributed by atoms with Crippen LogP contribution in [0, 0.1) is 0 Å². The van der Waals surface area contributed by atoms with E-state index < -0.39 is 0 Å². The smallest absolute Gasteiger partial charge is 0.0690 e. The molecule has 1 aromatic heterocycles. The average molecular weight is 217 g/mol. The maximum atomic E-state index is 5.91. The number of anilines is 1. The van der Waals surface area contributed by atoms with Crippen molar-refractivity contribution in [2.75, 3.05) is 25.9 Å². The summed E-state index contributed by atoms with van der Waals surface area (Å²) in [5, 5.41) is 1.25. The number of rotatable bonds is 4. The van der Waals surface area contributed by atoms with E-state index in [0.29, 0.717) is 0 Å². The molecule has 0 fully saturated rings. The highest BCUT2D eigenvalue weighted by molar-refractivity contribution is 5.92. The second-order valence-electron chi connectivity index (χ2n) is 4.23. The summed E-state index contributed by atoms with van der Waals surface area (Å²) in [6.07, 6.45) is 3.14. The van der Waals surface area contributed by atoms with Crippen molar-refractivity contribution < 1.29 is 0 Å². The number of likely N-dealkylation sites (N-methyl/N-ethyl adjacent to an activating group) is 1. The van der Waals surface area contributed by atoms with Crippen LogP contribution in [-0.2, 0) is 6.42 Å². The number of aromatic nitrogens is 1. The number of para-hydroxylation sites is 1. The van der Waals surface area contributed by atoms with Gasteiger partial charge in [-0.25, -0.2) is 0 Å². The number of benzene rings is 1. The van der Waals surface area contributed by atoms with E-state index in [1.807, 2.05) is 12.1 Å². The van der Waals surface area contributed by atoms with Crippen LogP contribution in [0.2, 0.25) is 0 Å². The Morgan fingerprint density at radius 2 is 2.19 bits per heavy atom. The van der Waals surface area contributed by atoms with Crippen LogP contribution in [0.5, 0.6) is 0 Å². The zero-order valence-corrected chi connectivity index (χ0v) is 9.96. The van der Waals surface area contributed by atoms with Crippen molar-refractivity contribution in [3.63, 3.8) is 0 Å². The molecular weight excluding hydrogens is 198 g/mol. The molecule has 0 saturated heterocycles. The molecule has 1 heterocycles. The summed E-state index contributed by atoms with van der Waals surface area (Å²) in [6.45, 7) is 4.34. The number of H-pyrrole nitrogens is 1. The summed E-state index contributed by atoms with van der Waals surface area (Å²) >= 11 is 0. The second-order valence-corrected chi connectivity index (χ2v) is 4.23. The third kappa shape index (κ3) is 2.04. The minimum Gasteiger partial charge on any atom is -0.397 e. The first-order valence-corrected chi connectivity index (χ1v) is 5.75. The van der Waals surface area contributed by atoms with Crippen molar-refractivity contribution in [3.8, 4) is 0 Å². The Hall–Kier alpha value is -1.48. The Kier molecular flexibility index (Phi) is 3.15. The van der Waals surface area contributed by atoms with Crippen LogP contribution in [0.3, 0.4) is 0 Å². The number of nitrogen functional groups attached to an aromatic ring is 1. The van der Waals surface area contributed by atoms with Gasteiger partial charge in [-0.1, -0.05) is 19.1 Å². The maximum Gasteiger partial charge on any atom is 0.0690 e. The second kappa shape index (κ2) is 4.58. The first-order valence-electron chi connectivity index (χ1n) is 5.75. The quantitative estimate of drug-likeness (QED) is 0.771. The lowest BCUT2D eigenvalue weighted by Crippen LogP contribution is -2.20. The van der Waals surface area contributed by atoms with Crippen LogP contribution >= 0.6 is 0 Å². The fourth-order valence-electron chi connectivity index (χ4n) is 1.91. The molecule has 2 rings (SSSR count). The van der Waals surface area contributed by atoms with Gasteiger partial charge in [0.1, 0.15) is 0 Å². The fraction of sp³-hybridized carbons (Fsp3) is 0.385. The highest BCUT2D eigenvalue weighted by atomic mass is 15.1. The number of nitrogens with two attached hydrogens (primary N) is 1. The van der Waals surface area contributed by atoms with E-state index in [-0.39, 0.29) is 0 Å². The third-order valence-electron chi connectivity index (χ3n) is 3.14. The van der Waals surface area contributed by atoms with Gasteiger partial charge in [-0.15, -0.1) is 0 Å². The summed E-state index contributed by atoms with van der Waals surface area (Å²) in [5.74, 6) is 0. The molecule has 1 aromatic carbocycles. The van der Waals surface area contributed by atoms with Gasteiger partial charge in [0.15, 0.2) is 0 Å². The van der Waals surface area contributed by atoms with Crippen LogP contribution in [-0.4, -0.2) is 30.0 Å². The standard InChI is InChI=1S/C13H19N3/c1-3-16(2)8-7-10-9-15-13-11(10)5-4-6-12(13)14/h4-6,9,15H,3,7-8,14H2,1-2H3. The molecule has 0 radical (unpaired) electrons. The topological polar surface area (TPSA) is 45.0 Å². The predicted octanol–water partition coefficient (Wildman–Crippen LogP) is 2.24. The molecule has 0 spiro atoms. The largest absolute Gasteiger partial charge is 0.397 e. The Labute approximate surface area is 96.2 Å². The van der Waals surface area contributed by atoms with Crippen LogP contribution in [0.15, 0.2) is 24.4 Å². The lowest BCUT2D eigenvalue weighted by Gasteiger charge is -2.12. The minimum atomic E-state index is 0.826. The van der Waals surface area contributed by atoms with Gasteiger partial charge in [0.2, 0.25) is 0 Å². The molecule has 3 heteroatoms. The van der Waals surface area contributed by atoms with E-state index in [0.717, 1.165) is 30.7 Å². The molecule has 16 heavy (non-hydrogen) atoms. The van der Waals surface area contributed by atoms with E-state index in [4.69, 9.17) is 5.73 Å². The Morgan fingerprint density at radius 3 is 2.94 bits per heavy atom. The van der Waals surface area contributed by atoms with E-state index in [2.05, 4.69) is 36.1 Å². The highest BCUT2D eigenvalue weighted by Gasteiger charge is 2.06. The Balaban J connectivity index is 2.22. The molecule has 0 aliphatic rings. The SMILES string of the molecule is CCN(C)CCc1c[nH]c2c(N)cccc12. The van der Waals surface area contributed by atoms with E-state index in [9.17, 15) is 0 Å². The zero-order valence-electron chi connectivity index (χ0n) is 9.96. The van der Waals surface area contributed by atoms with Gasteiger partial charge in [0, 0.05) is 18.1 Å². The molecule has 0 unspecified atom stereocenters. The van der Waals surface area contributed by atoms with Crippen molar-refractivity contribution in [1.82, 2.24) is 9.88 Å². The van der Waals surface area contributed by atoms with Crippen molar-refractivity contribution in [2.45, 2.75) is 13.3 Å². The number of fused-ring (bicyclic) bond motifs is 1. The monoisotopic (exact) mass is 217 g/mol. The number of hydrogen-bond acceptors (Lipinski definition) is 2. The average Bonchev–Trinajstić information content (AvgIpc) is 2.70. The summed E-state index contributed by atoms with van der Waals surface area (Å²) < 4.78 is 0. The van der Waals surface area contributed by atoms with Crippen molar-refractivity contribution in [3.05, 3.63) is 30.0 Å². The molecule has 3 nitrogen and oxygen atoms in total. The normalized spacial score (nSPS) is 11.4. The van der Waals surface area contributed by atoms with Crippen molar-refractivity contribution >= 4 is 16.6 Å². The van der Waals surface area contributed by atoms with Crippen molar-refractivity contribution in [2.24, 2.45) is 0 Å². The molecule has 0 aliphatic heterocycles. The summed E-state index contributed by atoms with van der Waals surface area (Å²) in [6, 6.07) is 6.07. The van der Waals surface area contributed by atoms with Gasteiger partial charge in [-0.05, 0) is 31.6 Å². The number of nitrogens with one attached hydrogen (secondary N) is 1. The minimum absolute atomic E-state index is 0.826. The molecular formula is C13H19N3. The molecule has 0 atom stereocenters. The molecule has 0 saturated carbocycles. The van der Waals surface area contributed by atoms with E-state index >= 15 is 0 Å². The van der Waals surface area contributed by atoms with Crippen LogP contribution in [0.4, 0.5) is 5.69 Å². The number of hydrogen-bond donors (Lipinski definition) is 2.